The number of carbonyl (C=O) groups is 1. The zero-order valence-corrected chi connectivity index (χ0v) is 16.6. The highest BCUT2D eigenvalue weighted by molar-refractivity contribution is 7.98. The minimum absolute atomic E-state index is 0.00577. The molecule has 1 N–H and O–H groups in total. The molecule has 1 aromatic heterocycles. The molecule has 1 heterocycles. The normalized spacial score (nSPS) is 13.2. The Bertz CT molecular complexity index is 1070. The molecular weight excluding hydrogens is 409 g/mol. The van der Waals surface area contributed by atoms with Crippen molar-refractivity contribution in [2.24, 2.45) is 5.92 Å². The highest BCUT2D eigenvalue weighted by Crippen LogP contribution is 2.29. The number of nitro groups is 1. The molecule has 0 unspecified atom stereocenters. The van der Waals surface area contributed by atoms with E-state index in [0.717, 1.165) is 18.4 Å². The van der Waals surface area contributed by atoms with E-state index in [0.29, 0.717) is 22.4 Å². The fourth-order valence-electron chi connectivity index (χ4n) is 2.88. The van der Waals surface area contributed by atoms with Crippen LogP contribution in [0.2, 0.25) is 0 Å². The predicted octanol–water partition coefficient (Wildman–Crippen LogP) is 3.63. The third-order valence-corrected chi connectivity index (χ3v) is 5.67. The van der Waals surface area contributed by atoms with Crippen molar-refractivity contribution in [3.05, 3.63) is 75.9 Å². The van der Waals surface area contributed by atoms with E-state index < -0.39 is 4.92 Å². The molecule has 0 spiro atoms. The highest BCUT2D eigenvalue weighted by atomic mass is 32.2. The Morgan fingerprint density at radius 3 is 2.50 bits per heavy atom. The molecule has 1 aliphatic carbocycles. The lowest BCUT2D eigenvalue weighted by atomic mass is 10.2. The van der Waals surface area contributed by atoms with Gasteiger partial charge in [0.2, 0.25) is 5.91 Å². The fraction of sp³-hybridized carbons (Fsp3) is 0.250. The summed E-state index contributed by atoms with van der Waals surface area (Å²) in [6.45, 7) is 0.205. The Balaban J connectivity index is 1.58. The molecule has 10 heteroatoms. The van der Waals surface area contributed by atoms with E-state index in [1.807, 2.05) is 0 Å². The van der Waals surface area contributed by atoms with E-state index in [4.69, 9.17) is 0 Å². The summed E-state index contributed by atoms with van der Waals surface area (Å²) in [6.07, 6.45) is 1.80. The first-order chi connectivity index (χ1) is 14.5. The number of benzene rings is 2. The van der Waals surface area contributed by atoms with Crippen molar-refractivity contribution in [2.45, 2.75) is 30.3 Å². The molecular formula is C20H18FN5O3S. The van der Waals surface area contributed by atoms with Crippen molar-refractivity contribution >= 4 is 23.4 Å². The van der Waals surface area contributed by atoms with Crippen molar-refractivity contribution in [2.75, 3.05) is 0 Å². The quantitative estimate of drug-likeness (QED) is 0.335. The van der Waals surface area contributed by atoms with Crippen molar-refractivity contribution < 1.29 is 14.1 Å². The number of nitrogens with one attached hydrogen (secondary N) is 1. The van der Waals surface area contributed by atoms with Gasteiger partial charge in [0, 0.05) is 29.5 Å². The first kappa shape index (κ1) is 20.0. The van der Waals surface area contributed by atoms with Crippen LogP contribution in [-0.4, -0.2) is 25.6 Å². The number of halogens is 1. The van der Waals surface area contributed by atoms with Crippen molar-refractivity contribution in [1.29, 1.82) is 0 Å². The van der Waals surface area contributed by atoms with Crippen LogP contribution in [0, 0.1) is 21.8 Å². The van der Waals surface area contributed by atoms with E-state index in [2.05, 4.69) is 15.5 Å². The molecule has 1 fully saturated rings. The summed E-state index contributed by atoms with van der Waals surface area (Å²) in [5.74, 6) is 0.840. The van der Waals surface area contributed by atoms with Crippen molar-refractivity contribution in [3.8, 4) is 5.69 Å². The zero-order chi connectivity index (χ0) is 21.1. The van der Waals surface area contributed by atoms with Crippen LogP contribution in [0.4, 0.5) is 10.1 Å². The Morgan fingerprint density at radius 1 is 1.17 bits per heavy atom. The van der Waals surface area contributed by atoms with E-state index >= 15 is 0 Å². The molecule has 4 rings (SSSR count). The number of nitro benzene ring substituents is 1. The van der Waals surface area contributed by atoms with E-state index in [9.17, 15) is 19.3 Å². The monoisotopic (exact) mass is 427 g/mol. The summed E-state index contributed by atoms with van der Waals surface area (Å²) < 4.78 is 14.9. The van der Waals surface area contributed by atoms with Crippen LogP contribution in [-0.2, 0) is 17.1 Å². The number of hydrogen-bond acceptors (Lipinski definition) is 6. The highest BCUT2D eigenvalue weighted by Gasteiger charge is 2.29. The Morgan fingerprint density at radius 2 is 1.87 bits per heavy atom. The first-order valence-electron chi connectivity index (χ1n) is 9.35. The third-order valence-electron chi connectivity index (χ3n) is 4.67. The van der Waals surface area contributed by atoms with E-state index in [-0.39, 0.29) is 29.9 Å². The maximum Gasteiger partial charge on any atom is 0.269 e. The molecule has 1 aliphatic rings. The van der Waals surface area contributed by atoms with Gasteiger partial charge in [0.1, 0.15) is 5.82 Å². The topological polar surface area (TPSA) is 103 Å². The van der Waals surface area contributed by atoms with Gasteiger partial charge in [-0.2, -0.15) is 0 Å². The molecule has 1 amide bonds. The second-order valence-corrected chi connectivity index (χ2v) is 7.86. The van der Waals surface area contributed by atoms with Gasteiger partial charge in [0.05, 0.1) is 11.5 Å². The Kier molecular flexibility index (Phi) is 5.75. The molecule has 30 heavy (non-hydrogen) atoms. The molecule has 0 aliphatic heterocycles. The van der Waals surface area contributed by atoms with Crippen LogP contribution in [0.5, 0.6) is 0 Å². The lowest BCUT2D eigenvalue weighted by Crippen LogP contribution is -2.25. The van der Waals surface area contributed by atoms with Gasteiger partial charge in [0.25, 0.3) is 5.69 Å². The van der Waals surface area contributed by atoms with Crippen LogP contribution < -0.4 is 5.32 Å². The number of nitrogens with zero attached hydrogens (tertiary/aromatic N) is 4. The molecule has 3 aromatic rings. The standard InChI is InChI=1S/C20H18FN5O3S/c21-15-5-1-13(2-6-15)12-30-20-24-23-18(11-22-19(27)14-3-4-14)25(20)16-7-9-17(10-8-16)26(28)29/h1-2,5-10,14H,3-4,11-12H2,(H,22,27). The number of hydrogen-bond donors (Lipinski definition) is 1. The summed E-state index contributed by atoms with van der Waals surface area (Å²) in [5, 5.41) is 22.9. The fourth-order valence-corrected chi connectivity index (χ4v) is 3.80. The average Bonchev–Trinajstić information content (AvgIpc) is 3.52. The number of rotatable bonds is 8. The second-order valence-electron chi connectivity index (χ2n) is 6.91. The van der Waals surface area contributed by atoms with Gasteiger partial charge in [-0.05, 0) is 42.7 Å². The van der Waals surface area contributed by atoms with E-state index in [1.165, 1.54) is 36.0 Å². The lowest BCUT2D eigenvalue weighted by molar-refractivity contribution is -0.384. The zero-order valence-electron chi connectivity index (χ0n) is 15.8. The van der Waals surface area contributed by atoms with Gasteiger partial charge in [-0.25, -0.2) is 4.39 Å². The van der Waals surface area contributed by atoms with Crippen molar-refractivity contribution in [3.63, 3.8) is 0 Å². The average molecular weight is 427 g/mol. The summed E-state index contributed by atoms with van der Waals surface area (Å²) in [5.41, 5.74) is 1.56. The number of aromatic nitrogens is 3. The van der Waals surface area contributed by atoms with Gasteiger partial charge in [-0.15, -0.1) is 10.2 Å². The van der Waals surface area contributed by atoms with Gasteiger partial charge >= 0.3 is 0 Å². The summed E-state index contributed by atoms with van der Waals surface area (Å²) in [7, 11) is 0. The van der Waals surface area contributed by atoms with Crippen LogP contribution in [0.25, 0.3) is 5.69 Å². The first-order valence-corrected chi connectivity index (χ1v) is 10.3. The van der Waals surface area contributed by atoms with Crippen LogP contribution in [0.1, 0.15) is 24.2 Å². The largest absolute Gasteiger partial charge is 0.349 e. The van der Waals surface area contributed by atoms with Gasteiger partial charge in [0.15, 0.2) is 11.0 Å². The van der Waals surface area contributed by atoms with Gasteiger partial charge in [-0.1, -0.05) is 23.9 Å². The Labute approximate surface area is 175 Å². The summed E-state index contributed by atoms with van der Waals surface area (Å²) >= 11 is 1.41. The number of non-ortho nitro benzene ring substituents is 1. The van der Waals surface area contributed by atoms with Gasteiger partial charge < -0.3 is 5.32 Å². The molecule has 2 aromatic carbocycles. The second kappa shape index (κ2) is 8.62. The molecule has 0 radical (unpaired) electrons. The molecule has 0 bridgehead atoms. The maximum atomic E-state index is 13.1. The van der Waals surface area contributed by atoms with Crippen LogP contribution in [0.3, 0.4) is 0 Å². The summed E-state index contributed by atoms with van der Waals surface area (Å²) in [4.78, 5) is 22.5. The number of amides is 1. The van der Waals surface area contributed by atoms with Gasteiger partial charge in [-0.3, -0.25) is 19.5 Å². The lowest BCUT2D eigenvalue weighted by Gasteiger charge is -2.11. The maximum absolute atomic E-state index is 13.1. The van der Waals surface area contributed by atoms with Crippen LogP contribution in [0.15, 0.2) is 53.7 Å². The minimum atomic E-state index is -0.461. The smallest absolute Gasteiger partial charge is 0.269 e. The third kappa shape index (κ3) is 4.65. The minimum Gasteiger partial charge on any atom is -0.349 e. The number of carbonyl (C=O) groups excluding carboxylic acids is 1. The molecule has 154 valence electrons. The molecule has 0 saturated heterocycles. The van der Waals surface area contributed by atoms with E-state index in [1.54, 1.807) is 28.8 Å². The molecule has 1 saturated carbocycles. The molecule has 8 nitrogen and oxygen atoms in total. The summed E-state index contributed by atoms with van der Waals surface area (Å²) in [6, 6.07) is 12.3. The van der Waals surface area contributed by atoms with Crippen molar-refractivity contribution in [1.82, 2.24) is 20.1 Å². The SMILES string of the molecule is O=C(NCc1nnc(SCc2ccc(F)cc2)n1-c1ccc([N+](=O)[O-])cc1)C1CC1. The van der Waals surface area contributed by atoms with Crippen LogP contribution >= 0.6 is 11.8 Å². The number of thioether (sulfide) groups is 1. The predicted molar refractivity (Wildman–Crippen MR) is 109 cm³/mol. The molecule has 0 atom stereocenters. The Hall–Kier alpha value is -3.27.